The van der Waals surface area contributed by atoms with Crippen molar-refractivity contribution in [3.05, 3.63) is 60.4 Å². The molecule has 2 aromatic carbocycles. The van der Waals surface area contributed by atoms with E-state index in [-0.39, 0.29) is 11.3 Å². The molecule has 0 aliphatic rings. The van der Waals surface area contributed by atoms with Crippen LogP contribution in [0, 0.1) is 0 Å². The lowest BCUT2D eigenvalue weighted by Crippen LogP contribution is -2.14. The smallest absolute Gasteiger partial charge is 0.224 e. The number of carbonyl (C=O) groups is 1. The highest BCUT2D eigenvalue weighted by atomic mass is 16.5. The number of nitrogens with one attached hydrogen (secondary N) is 1. The molecule has 28 heavy (non-hydrogen) atoms. The second kappa shape index (κ2) is 8.65. The summed E-state index contributed by atoms with van der Waals surface area (Å²) in [5.41, 5.74) is 2.77. The number of anilines is 1. The third kappa shape index (κ3) is 5.16. The average Bonchev–Trinajstić information content (AvgIpc) is 3.20. The van der Waals surface area contributed by atoms with E-state index in [1.165, 1.54) is 16.6 Å². The van der Waals surface area contributed by atoms with Crippen LogP contribution in [0.25, 0.3) is 5.69 Å². The maximum Gasteiger partial charge on any atom is 0.224 e. The fourth-order valence-corrected chi connectivity index (χ4v) is 2.74. The first-order valence-corrected chi connectivity index (χ1v) is 9.29. The number of nitrogens with zero attached hydrogens (tertiary/aromatic N) is 4. The zero-order valence-electron chi connectivity index (χ0n) is 16.4. The second-order valence-corrected chi connectivity index (χ2v) is 7.55. The van der Waals surface area contributed by atoms with Crippen molar-refractivity contribution in [1.29, 1.82) is 0 Å². The normalized spacial score (nSPS) is 11.2. The quantitative estimate of drug-likeness (QED) is 0.632. The number of amides is 1. The molecule has 0 aliphatic carbocycles. The maximum atomic E-state index is 12.3. The van der Waals surface area contributed by atoms with Gasteiger partial charge in [-0.3, -0.25) is 4.79 Å². The molecule has 0 spiro atoms. The summed E-state index contributed by atoms with van der Waals surface area (Å²) in [4.78, 5) is 12.3. The summed E-state index contributed by atoms with van der Waals surface area (Å²) < 4.78 is 7.26. The third-order valence-corrected chi connectivity index (χ3v) is 4.31. The minimum atomic E-state index is -0.0767. The molecule has 146 valence electrons. The summed E-state index contributed by atoms with van der Waals surface area (Å²) >= 11 is 0. The fourth-order valence-electron chi connectivity index (χ4n) is 2.74. The highest BCUT2D eigenvalue weighted by Gasteiger charge is 2.13. The van der Waals surface area contributed by atoms with Crippen molar-refractivity contribution in [3.63, 3.8) is 0 Å². The molecular formula is C21H25N5O2. The maximum absolute atomic E-state index is 12.3. The van der Waals surface area contributed by atoms with Crippen LogP contribution in [-0.4, -0.2) is 32.7 Å². The first-order chi connectivity index (χ1) is 13.4. The van der Waals surface area contributed by atoms with Gasteiger partial charge in [-0.15, -0.1) is 5.10 Å². The highest BCUT2D eigenvalue weighted by molar-refractivity contribution is 5.92. The predicted octanol–water partition coefficient (Wildman–Crippen LogP) is 3.76. The molecule has 0 saturated carbocycles. The Kier molecular flexibility index (Phi) is 6.03. The monoisotopic (exact) mass is 379 g/mol. The molecule has 0 unspecified atom stereocenters. The molecule has 1 N–H and O–H groups in total. The second-order valence-electron chi connectivity index (χ2n) is 7.55. The van der Waals surface area contributed by atoms with Gasteiger partial charge in [0.1, 0.15) is 12.1 Å². The van der Waals surface area contributed by atoms with Crippen molar-refractivity contribution in [1.82, 2.24) is 20.2 Å². The molecule has 1 aromatic heterocycles. The Bertz CT molecular complexity index is 899. The predicted molar refractivity (Wildman–Crippen MR) is 108 cm³/mol. The van der Waals surface area contributed by atoms with Crippen LogP contribution in [0.5, 0.6) is 5.75 Å². The Morgan fingerprint density at radius 2 is 1.86 bits per heavy atom. The molecule has 0 fully saturated rings. The molecule has 1 amide bonds. The van der Waals surface area contributed by atoms with E-state index < -0.39 is 0 Å². The van der Waals surface area contributed by atoms with Crippen LogP contribution in [0.2, 0.25) is 0 Å². The van der Waals surface area contributed by atoms with Gasteiger partial charge in [-0.1, -0.05) is 45.0 Å². The third-order valence-electron chi connectivity index (χ3n) is 4.31. The lowest BCUT2D eigenvalue weighted by Gasteiger charge is -2.19. The van der Waals surface area contributed by atoms with Gasteiger partial charge in [-0.2, -0.15) is 4.68 Å². The minimum absolute atomic E-state index is 0.0767. The lowest BCUT2D eigenvalue weighted by molar-refractivity contribution is -0.116. The van der Waals surface area contributed by atoms with Crippen molar-refractivity contribution < 1.29 is 9.53 Å². The largest absolute Gasteiger partial charge is 0.494 e. The number of aromatic nitrogens is 4. The topological polar surface area (TPSA) is 81.9 Å². The first-order valence-electron chi connectivity index (χ1n) is 9.29. The van der Waals surface area contributed by atoms with Gasteiger partial charge in [-0.25, -0.2) is 0 Å². The van der Waals surface area contributed by atoms with E-state index in [1.54, 1.807) is 0 Å². The molecule has 7 nitrogen and oxygen atoms in total. The number of tetrazole rings is 1. The van der Waals surface area contributed by atoms with Gasteiger partial charge in [0.25, 0.3) is 0 Å². The molecule has 0 radical (unpaired) electrons. The van der Waals surface area contributed by atoms with Gasteiger partial charge >= 0.3 is 0 Å². The van der Waals surface area contributed by atoms with Gasteiger partial charge in [-0.05, 0) is 52.1 Å². The number of hydrogen-bond acceptors (Lipinski definition) is 5. The van der Waals surface area contributed by atoms with Crippen molar-refractivity contribution >= 4 is 11.6 Å². The SMILES string of the molecule is CC(C)(C)c1ccc(OCCCC(=O)Nc2ccccc2-n2cnnn2)cc1. The standard InChI is InChI=1S/C21H25N5O2/c1-21(2,3)16-10-12-17(13-11-16)28-14-6-9-20(27)23-18-7-4-5-8-19(18)26-15-22-24-25-26/h4-5,7-8,10-13,15H,6,9,14H2,1-3H3,(H,23,27). The summed E-state index contributed by atoms with van der Waals surface area (Å²) in [6.07, 6.45) is 2.48. The number of hydrogen-bond donors (Lipinski definition) is 1. The van der Waals surface area contributed by atoms with E-state index in [9.17, 15) is 4.79 Å². The van der Waals surface area contributed by atoms with Crippen LogP contribution in [-0.2, 0) is 10.2 Å². The van der Waals surface area contributed by atoms with E-state index in [0.29, 0.717) is 25.1 Å². The number of rotatable bonds is 7. The zero-order valence-corrected chi connectivity index (χ0v) is 16.4. The van der Waals surface area contributed by atoms with Gasteiger partial charge in [0, 0.05) is 6.42 Å². The molecule has 0 saturated heterocycles. The Morgan fingerprint density at radius 3 is 2.54 bits per heavy atom. The number of carbonyl (C=O) groups excluding carboxylic acids is 1. The van der Waals surface area contributed by atoms with Gasteiger partial charge in [0.2, 0.25) is 5.91 Å². The summed E-state index contributed by atoms with van der Waals surface area (Å²) in [5, 5.41) is 14.0. The summed E-state index contributed by atoms with van der Waals surface area (Å²) in [5.74, 6) is 0.740. The lowest BCUT2D eigenvalue weighted by atomic mass is 9.87. The van der Waals surface area contributed by atoms with E-state index in [1.807, 2.05) is 36.4 Å². The van der Waals surface area contributed by atoms with Crippen LogP contribution in [0.3, 0.4) is 0 Å². The number of benzene rings is 2. The summed E-state index contributed by atoms with van der Waals surface area (Å²) in [7, 11) is 0. The Hall–Kier alpha value is -3.22. The van der Waals surface area contributed by atoms with Crippen LogP contribution < -0.4 is 10.1 Å². The van der Waals surface area contributed by atoms with E-state index in [2.05, 4.69) is 53.7 Å². The molecule has 3 rings (SSSR count). The first kappa shape index (κ1) is 19.5. The van der Waals surface area contributed by atoms with Crippen LogP contribution in [0.4, 0.5) is 5.69 Å². The van der Waals surface area contributed by atoms with E-state index in [0.717, 1.165) is 11.4 Å². The van der Waals surface area contributed by atoms with Crippen molar-refractivity contribution in [2.75, 3.05) is 11.9 Å². The Labute approximate surface area is 164 Å². The molecule has 0 atom stereocenters. The molecular weight excluding hydrogens is 354 g/mol. The van der Waals surface area contributed by atoms with Crippen LogP contribution in [0.15, 0.2) is 54.9 Å². The Morgan fingerprint density at radius 1 is 1.11 bits per heavy atom. The van der Waals surface area contributed by atoms with Gasteiger partial charge in [0.05, 0.1) is 18.0 Å². The number of para-hydroxylation sites is 2. The van der Waals surface area contributed by atoms with Crippen LogP contribution >= 0.6 is 0 Å². The Balaban J connectivity index is 1.47. The molecule has 3 aromatic rings. The molecule has 1 heterocycles. The zero-order chi connectivity index (χ0) is 20.0. The highest BCUT2D eigenvalue weighted by Crippen LogP contribution is 2.24. The minimum Gasteiger partial charge on any atom is -0.494 e. The number of ether oxygens (including phenoxy) is 1. The van der Waals surface area contributed by atoms with Crippen molar-refractivity contribution in [2.24, 2.45) is 0 Å². The molecule has 0 bridgehead atoms. The summed E-state index contributed by atoms with van der Waals surface area (Å²) in [6.45, 7) is 7.02. The average molecular weight is 379 g/mol. The van der Waals surface area contributed by atoms with Gasteiger partial charge < -0.3 is 10.1 Å². The molecule has 7 heteroatoms. The summed E-state index contributed by atoms with van der Waals surface area (Å²) in [6, 6.07) is 15.5. The van der Waals surface area contributed by atoms with Crippen molar-refractivity contribution in [3.8, 4) is 11.4 Å². The molecule has 0 aliphatic heterocycles. The fraction of sp³-hybridized carbons (Fsp3) is 0.333. The van der Waals surface area contributed by atoms with Crippen molar-refractivity contribution in [2.45, 2.75) is 39.0 Å². The van der Waals surface area contributed by atoms with Gasteiger partial charge in [0.15, 0.2) is 0 Å². The van der Waals surface area contributed by atoms with E-state index >= 15 is 0 Å². The van der Waals surface area contributed by atoms with E-state index in [4.69, 9.17) is 4.74 Å². The van der Waals surface area contributed by atoms with Crippen LogP contribution in [0.1, 0.15) is 39.2 Å².